The molecule has 1 aromatic rings. The molecule has 0 amide bonds. The highest BCUT2D eigenvalue weighted by Crippen LogP contribution is 2.28. The summed E-state index contributed by atoms with van der Waals surface area (Å²) < 4.78 is 50.3. The van der Waals surface area contributed by atoms with Gasteiger partial charge in [0.25, 0.3) is 0 Å². The standard InChI is InChI=1S/C12H16BrNO4S2/c1-2-14(10-7-8-19(15,16)9-10)20(17,18)12-6-4-3-5-11(12)13/h3-6,10H,2,7-9H2,1H3/t10-/m0/s1. The Hall–Kier alpha value is -0.440. The molecule has 1 aliphatic rings. The number of halogens is 1. The van der Waals surface area contributed by atoms with Crippen LogP contribution < -0.4 is 0 Å². The molecular weight excluding hydrogens is 366 g/mol. The van der Waals surface area contributed by atoms with Gasteiger partial charge in [-0.05, 0) is 34.5 Å². The van der Waals surface area contributed by atoms with Gasteiger partial charge in [-0.2, -0.15) is 4.31 Å². The predicted molar refractivity (Wildman–Crippen MR) is 80.8 cm³/mol. The highest BCUT2D eigenvalue weighted by molar-refractivity contribution is 9.10. The second kappa shape index (κ2) is 5.75. The van der Waals surface area contributed by atoms with Crippen molar-refractivity contribution in [2.24, 2.45) is 0 Å². The van der Waals surface area contributed by atoms with E-state index in [2.05, 4.69) is 15.9 Å². The fourth-order valence-electron chi connectivity index (χ4n) is 2.41. The zero-order valence-electron chi connectivity index (χ0n) is 11.0. The Morgan fingerprint density at radius 3 is 2.50 bits per heavy atom. The highest BCUT2D eigenvalue weighted by Gasteiger charge is 2.38. The molecule has 1 aliphatic heterocycles. The summed E-state index contributed by atoms with van der Waals surface area (Å²) >= 11 is 3.24. The first-order valence-corrected chi connectivity index (χ1v) is 10.3. The normalized spacial score (nSPS) is 22.2. The van der Waals surface area contributed by atoms with Crippen molar-refractivity contribution in [2.75, 3.05) is 18.1 Å². The molecule has 0 unspecified atom stereocenters. The summed E-state index contributed by atoms with van der Waals surface area (Å²) in [6.07, 6.45) is 0.361. The summed E-state index contributed by atoms with van der Waals surface area (Å²) in [5.74, 6) is -0.0375. The van der Waals surface area contributed by atoms with Crippen LogP contribution in [-0.2, 0) is 19.9 Å². The van der Waals surface area contributed by atoms with Gasteiger partial charge in [-0.25, -0.2) is 16.8 Å². The molecule has 1 saturated heterocycles. The molecule has 0 saturated carbocycles. The Morgan fingerprint density at radius 1 is 1.35 bits per heavy atom. The lowest BCUT2D eigenvalue weighted by molar-refractivity contribution is 0.354. The Kier molecular flexibility index (Phi) is 4.58. The maximum absolute atomic E-state index is 12.7. The first kappa shape index (κ1) is 15.9. The van der Waals surface area contributed by atoms with Gasteiger partial charge >= 0.3 is 0 Å². The molecule has 1 aromatic carbocycles. The quantitative estimate of drug-likeness (QED) is 0.794. The number of sulfonamides is 1. The van der Waals surface area contributed by atoms with E-state index in [1.54, 1.807) is 25.1 Å². The molecule has 20 heavy (non-hydrogen) atoms. The molecule has 8 heteroatoms. The lowest BCUT2D eigenvalue weighted by Gasteiger charge is -2.26. The lowest BCUT2D eigenvalue weighted by atomic mass is 10.3. The van der Waals surface area contributed by atoms with E-state index in [1.807, 2.05) is 0 Å². The first-order chi connectivity index (χ1) is 9.28. The van der Waals surface area contributed by atoms with E-state index in [0.29, 0.717) is 10.9 Å². The average molecular weight is 382 g/mol. The molecule has 2 rings (SSSR count). The van der Waals surface area contributed by atoms with E-state index < -0.39 is 25.9 Å². The molecule has 5 nitrogen and oxygen atoms in total. The van der Waals surface area contributed by atoms with Gasteiger partial charge in [0.1, 0.15) is 0 Å². The number of rotatable bonds is 4. The summed E-state index contributed by atoms with van der Waals surface area (Å²) in [4.78, 5) is 0.172. The van der Waals surface area contributed by atoms with Gasteiger partial charge in [0, 0.05) is 17.1 Å². The van der Waals surface area contributed by atoms with E-state index in [1.165, 1.54) is 10.4 Å². The highest BCUT2D eigenvalue weighted by atomic mass is 79.9. The SMILES string of the molecule is CCN([C@H]1CCS(=O)(=O)C1)S(=O)(=O)c1ccccc1Br. The van der Waals surface area contributed by atoms with Crippen LogP contribution in [0.15, 0.2) is 33.6 Å². The zero-order chi connectivity index (χ0) is 15.0. The molecule has 0 N–H and O–H groups in total. The minimum atomic E-state index is -3.69. The Labute approximate surface area is 128 Å². The summed E-state index contributed by atoms with van der Waals surface area (Å²) in [6, 6.07) is 6.09. The Balaban J connectivity index is 2.39. The van der Waals surface area contributed by atoms with Crippen molar-refractivity contribution in [2.45, 2.75) is 24.3 Å². The van der Waals surface area contributed by atoms with E-state index in [0.717, 1.165) is 0 Å². The van der Waals surface area contributed by atoms with Crippen molar-refractivity contribution in [3.05, 3.63) is 28.7 Å². The van der Waals surface area contributed by atoms with Crippen LogP contribution in [-0.4, -0.2) is 45.2 Å². The van der Waals surface area contributed by atoms with Crippen molar-refractivity contribution < 1.29 is 16.8 Å². The van der Waals surface area contributed by atoms with Crippen LogP contribution in [0.2, 0.25) is 0 Å². The van der Waals surface area contributed by atoms with E-state index >= 15 is 0 Å². The summed E-state index contributed by atoms with van der Waals surface area (Å²) in [6.45, 7) is 1.98. The van der Waals surface area contributed by atoms with Crippen molar-refractivity contribution >= 4 is 35.8 Å². The van der Waals surface area contributed by atoms with Gasteiger partial charge < -0.3 is 0 Å². The van der Waals surface area contributed by atoms with Crippen molar-refractivity contribution in [3.8, 4) is 0 Å². The molecule has 1 fully saturated rings. The number of benzene rings is 1. The lowest BCUT2D eigenvalue weighted by Crippen LogP contribution is -2.41. The third-order valence-electron chi connectivity index (χ3n) is 3.35. The summed E-state index contributed by atoms with van der Waals surface area (Å²) in [5.41, 5.74) is 0. The van der Waals surface area contributed by atoms with Crippen LogP contribution in [0, 0.1) is 0 Å². The van der Waals surface area contributed by atoms with Crippen LogP contribution in [0.1, 0.15) is 13.3 Å². The van der Waals surface area contributed by atoms with Crippen LogP contribution in [0.5, 0.6) is 0 Å². The van der Waals surface area contributed by atoms with Gasteiger partial charge in [0.15, 0.2) is 9.84 Å². The third-order valence-corrected chi connectivity index (χ3v) is 8.14. The van der Waals surface area contributed by atoms with Crippen LogP contribution >= 0.6 is 15.9 Å². The molecule has 0 bridgehead atoms. The van der Waals surface area contributed by atoms with Crippen molar-refractivity contribution in [3.63, 3.8) is 0 Å². The number of hydrogen-bond donors (Lipinski definition) is 0. The fraction of sp³-hybridized carbons (Fsp3) is 0.500. The topological polar surface area (TPSA) is 71.5 Å². The Bertz CT molecular complexity index is 700. The molecule has 112 valence electrons. The zero-order valence-corrected chi connectivity index (χ0v) is 14.2. The number of nitrogens with zero attached hydrogens (tertiary/aromatic N) is 1. The largest absolute Gasteiger partial charge is 0.244 e. The molecule has 0 spiro atoms. The van der Waals surface area contributed by atoms with E-state index in [9.17, 15) is 16.8 Å². The summed E-state index contributed by atoms with van der Waals surface area (Å²) in [7, 11) is -6.81. The van der Waals surface area contributed by atoms with Crippen LogP contribution in [0.25, 0.3) is 0 Å². The van der Waals surface area contributed by atoms with Crippen LogP contribution in [0.4, 0.5) is 0 Å². The second-order valence-electron chi connectivity index (χ2n) is 4.70. The molecule has 0 aliphatic carbocycles. The monoisotopic (exact) mass is 381 g/mol. The number of hydrogen-bond acceptors (Lipinski definition) is 4. The van der Waals surface area contributed by atoms with Gasteiger partial charge in [0.2, 0.25) is 10.0 Å². The maximum atomic E-state index is 12.7. The Morgan fingerprint density at radius 2 is 2.00 bits per heavy atom. The first-order valence-electron chi connectivity index (χ1n) is 6.25. The van der Waals surface area contributed by atoms with Crippen molar-refractivity contribution in [1.29, 1.82) is 0 Å². The number of sulfone groups is 1. The minimum absolute atomic E-state index is 0.0552. The predicted octanol–water partition coefficient (Wildman–Crippen LogP) is 1.65. The minimum Gasteiger partial charge on any atom is -0.229 e. The fourth-order valence-corrected chi connectivity index (χ4v) is 6.86. The van der Waals surface area contributed by atoms with Crippen LogP contribution in [0.3, 0.4) is 0 Å². The third kappa shape index (κ3) is 3.08. The molecule has 1 atom stereocenters. The van der Waals surface area contributed by atoms with Gasteiger partial charge in [0.05, 0.1) is 16.4 Å². The molecule has 0 radical (unpaired) electrons. The van der Waals surface area contributed by atoms with E-state index in [4.69, 9.17) is 0 Å². The summed E-state index contributed by atoms with van der Waals surface area (Å²) in [5, 5.41) is 0. The second-order valence-corrected chi connectivity index (χ2v) is 9.64. The average Bonchev–Trinajstić information content (AvgIpc) is 2.70. The van der Waals surface area contributed by atoms with Gasteiger partial charge in [-0.3, -0.25) is 0 Å². The van der Waals surface area contributed by atoms with Gasteiger partial charge in [-0.15, -0.1) is 0 Å². The smallest absolute Gasteiger partial charge is 0.229 e. The molecular formula is C12H16BrNO4S2. The van der Waals surface area contributed by atoms with Gasteiger partial charge in [-0.1, -0.05) is 19.1 Å². The molecule has 1 heterocycles. The molecule has 0 aromatic heterocycles. The maximum Gasteiger partial charge on any atom is 0.244 e. The van der Waals surface area contributed by atoms with Crippen molar-refractivity contribution in [1.82, 2.24) is 4.31 Å². The van der Waals surface area contributed by atoms with E-state index in [-0.39, 0.29) is 22.9 Å².